The van der Waals surface area contributed by atoms with Crippen molar-refractivity contribution in [1.82, 2.24) is 15.6 Å². The first-order valence-corrected chi connectivity index (χ1v) is 16.7. The maximum absolute atomic E-state index is 13.3. The molecule has 8 nitrogen and oxygen atoms in total. The highest BCUT2D eigenvalue weighted by atomic mass is 32.2. The van der Waals surface area contributed by atoms with Gasteiger partial charge in [-0.1, -0.05) is 78.2 Å². The van der Waals surface area contributed by atoms with Crippen molar-refractivity contribution in [3.63, 3.8) is 0 Å². The lowest BCUT2D eigenvalue weighted by Crippen LogP contribution is -2.53. The van der Waals surface area contributed by atoms with Crippen LogP contribution in [0.15, 0.2) is 22.5 Å². The van der Waals surface area contributed by atoms with E-state index in [0.717, 1.165) is 17.8 Å². The summed E-state index contributed by atoms with van der Waals surface area (Å²) in [7, 11) is 0. The van der Waals surface area contributed by atoms with Gasteiger partial charge in [-0.25, -0.2) is 9.78 Å². The van der Waals surface area contributed by atoms with Crippen molar-refractivity contribution in [2.24, 2.45) is 10.9 Å². The summed E-state index contributed by atoms with van der Waals surface area (Å²) in [5.41, 5.74) is -0.294. The number of allylic oxidation sites excluding steroid dienone is 1. The molecule has 3 rings (SSSR count). The number of nitrogens with one attached hydrogen (secondary N) is 2. The van der Waals surface area contributed by atoms with Crippen molar-refractivity contribution in [3.05, 3.63) is 28.2 Å². The molecule has 2 N–H and O–H groups in total. The first-order valence-electron chi connectivity index (χ1n) is 14.8. The molecule has 2 amide bonds. The molecule has 0 radical (unpaired) electrons. The Bertz CT molecular complexity index is 1050. The molecule has 1 aromatic rings. The van der Waals surface area contributed by atoms with Crippen LogP contribution in [0.1, 0.15) is 109 Å². The molecule has 3 heterocycles. The van der Waals surface area contributed by atoms with Crippen LogP contribution in [-0.2, 0) is 25.7 Å². The zero-order valence-electron chi connectivity index (χ0n) is 24.5. The zero-order valence-corrected chi connectivity index (χ0v) is 26.1. The van der Waals surface area contributed by atoms with E-state index in [-0.39, 0.29) is 30.7 Å². The lowest BCUT2D eigenvalue weighted by atomic mass is 10.0. The van der Waals surface area contributed by atoms with Gasteiger partial charge in [0.25, 0.3) is 0 Å². The predicted octanol–water partition coefficient (Wildman–Crippen LogP) is 5.94. The molecule has 0 saturated carbocycles. The monoisotopic (exact) mass is 590 g/mol. The summed E-state index contributed by atoms with van der Waals surface area (Å²) in [5.74, 6) is -0.815. The van der Waals surface area contributed by atoms with Crippen LogP contribution < -0.4 is 10.6 Å². The van der Waals surface area contributed by atoms with Crippen LogP contribution in [0.4, 0.5) is 0 Å². The zero-order chi connectivity index (χ0) is 29.0. The summed E-state index contributed by atoms with van der Waals surface area (Å²) in [6.45, 7) is 8.03. The molecular formula is C30H46N4O4S2. The quantitative estimate of drug-likeness (QED) is 0.177. The largest absolute Gasteiger partial charge is 0.456 e. The lowest BCUT2D eigenvalue weighted by Gasteiger charge is -2.27. The van der Waals surface area contributed by atoms with E-state index >= 15 is 0 Å². The van der Waals surface area contributed by atoms with E-state index in [1.54, 1.807) is 6.92 Å². The number of aromatic nitrogens is 1. The molecule has 3 atom stereocenters. The fourth-order valence-corrected chi connectivity index (χ4v) is 6.58. The van der Waals surface area contributed by atoms with Gasteiger partial charge in [-0.05, 0) is 31.8 Å². The third-order valence-corrected chi connectivity index (χ3v) is 9.35. The number of esters is 1. The molecule has 0 aliphatic carbocycles. The molecule has 1 aromatic heterocycles. The normalized spacial score (nSPS) is 24.2. The maximum Gasteiger partial charge on any atom is 0.329 e. The minimum Gasteiger partial charge on any atom is -0.456 e. The fourth-order valence-electron chi connectivity index (χ4n) is 4.65. The van der Waals surface area contributed by atoms with Crippen molar-refractivity contribution in [2.45, 2.75) is 123 Å². The number of thioether (sulfide) groups is 1. The standard InChI is InChI=1S/C30H46N4O4S2/c1-5-6-7-8-9-10-11-12-13-14-15-16-22-17-24(35)31-18-25-32-23(19-39-25)27-34-30(4,20-40-27)29(37)33-26(21(2)3)28(36)38-22/h15-16,19,21-22,26H,5-14,17-18,20H2,1-4H3,(H,31,35)(H,33,37)/b16-15+/t22-,26+,30+/m1/s1. The van der Waals surface area contributed by atoms with Crippen LogP contribution in [-0.4, -0.2) is 51.2 Å². The van der Waals surface area contributed by atoms with Crippen LogP contribution in [0.5, 0.6) is 0 Å². The number of nitrogens with zero attached hydrogens (tertiary/aromatic N) is 2. The maximum atomic E-state index is 13.3. The highest BCUT2D eigenvalue weighted by molar-refractivity contribution is 8.14. The van der Waals surface area contributed by atoms with Gasteiger partial charge in [0.1, 0.15) is 33.4 Å². The van der Waals surface area contributed by atoms with E-state index in [1.807, 2.05) is 31.4 Å². The average molecular weight is 591 g/mol. The Hall–Kier alpha value is -2.20. The molecule has 0 fully saturated rings. The minimum atomic E-state index is -1.00. The highest BCUT2D eigenvalue weighted by Crippen LogP contribution is 2.32. The number of unbranched alkanes of at least 4 members (excludes halogenated alkanes) is 9. The summed E-state index contributed by atoms with van der Waals surface area (Å²) in [5, 5.41) is 9.14. The fraction of sp³-hybridized carbons (Fsp3) is 0.700. The number of ether oxygens (including phenoxy) is 1. The molecule has 222 valence electrons. The van der Waals surface area contributed by atoms with Gasteiger partial charge in [0.05, 0.1) is 13.0 Å². The predicted molar refractivity (Wildman–Crippen MR) is 164 cm³/mol. The molecule has 0 spiro atoms. The van der Waals surface area contributed by atoms with Crippen molar-refractivity contribution in [3.8, 4) is 0 Å². The second kappa shape index (κ2) is 16.3. The number of aliphatic imine (C=N–C) groups is 1. The topological polar surface area (TPSA) is 110 Å². The smallest absolute Gasteiger partial charge is 0.329 e. The SMILES string of the molecule is CCCCCCCCCCC/C=C/[C@@H]1CC(=O)NCc2nc(cs2)C2=N[C@@](C)(CS2)C(=O)N[C@@H](C(C)C)C(=O)O1. The van der Waals surface area contributed by atoms with Gasteiger partial charge in [0.15, 0.2) is 0 Å². The first-order chi connectivity index (χ1) is 19.2. The van der Waals surface area contributed by atoms with Crippen molar-refractivity contribution < 1.29 is 19.1 Å². The van der Waals surface area contributed by atoms with Gasteiger partial charge in [0, 0.05) is 11.1 Å². The van der Waals surface area contributed by atoms with E-state index in [4.69, 9.17) is 4.74 Å². The summed E-state index contributed by atoms with van der Waals surface area (Å²) >= 11 is 2.92. The van der Waals surface area contributed by atoms with Gasteiger partial charge >= 0.3 is 5.97 Å². The number of fused-ring (bicyclic) bond motifs is 4. The average Bonchev–Trinajstić information content (AvgIpc) is 3.55. The van der Waals surface area contributed by atoms with E-state index in [2.05, 4.69) is 27.5 Å². The van der Waals surface area contributed by atoms with Crippen molar-refractivity contribution >= 4 is 45.9 Å². The first kappa shape index (κ1) is 32.3. The number of hydrogen-bond donors (Lipinski definition) is 2. The van der Waals surface area contributed by atoms with E-state index < -0.39 is 23.7 Å². The molecule has 0 unspecified atom stereocenters. The molecule has 40 heavy (non-hydrogen) atoms. The number of thiazole rings is 1. The third-order valence-electron chi connectivity index (χ3n) is 7.22. The van der Waals surface area contributed by atoms with Crippen LogP contribution in [0.2, 0.25) is 0 Å². The third kappa shape index (κ3) is 10.0. The number of carbonyl (C=O) groups is 3. The lowest BCUT2D eigenvalue weighted by molar-refractivity contribution is -0.153. The Kier molecular flexibility index (Phi) is 13.2. The molecule has 0 aromatic carbocycles. The molecular weight excluding hydrogens is 544 g/mol. The number of carbonyl (C=O) groups excluding carboxylic acids is 3. The summed E-state index contributed by atoms with van der Waals surface area (Å²) in [6.07, 6.45) is 15.3. The van der Waals surface area contributed by atoms with Crippen LogP contribution in [0, 0.1) is 5.92 Å². The molecule has 4 bridgehead atoms. The molecule has 2 aliphatic heterocycles. The number of hydrogen-bond acceptors (Lipinski definition) is 8. The van der Waals surface area contributed by atoms with Crippen molar-refractivity contribution in [2.75, 3.05) is 5.75 Å². The molecule has 2 aliphatic rings. The molecule has 0 saturated heterocycles. The Morgan fingerprint density at radius 2 is 1.80 bits per heavy atom. The second-order valence-electron chi connectivity index (χ2n) is 11.3. The summed E-state index contributed by atoms with van der Waals surface area (Å²) < 4.78 is 5.82. The number of cyclic esters (lactones) is 1. The van der Waals surface area contributed by atoms with E-state index in [9.17, 15) is 14.4 Å². The summed E-state index contributed by atoms with van der Waals surface area (Å²) in [4.78, 5) is 48.6. The van der Waals surface area contributed by atoms with Gasteiger partial charge < -0.3 is 15.4 Å². The minimum absolute atomic E-state index is 0.0112. The van der Waals surface area contributed by atoms with Gasteiger partial charge in [0.2, 0.25) is 11.8 Å². The van der Waals surface area contributed by atoms with E-state index in [0.29, 0.717) is 16.5 Å². The van der Waals surface area contributed by atoms with E-state index in [1.165, 1.54) is 74.5 Å². The van der Waals surface area contributed by atoms with Crippen LogP contribution in [0.3, 0.4) is 0 Å². The highest BCUT2D eigenvalue weighted by Gasteiger charge is 2.41. The van der Waals surface area contributed by atoms with Crippen LogP contribution >= 0.6 is 23.1 Å². The Labute approximate surface area is 247 Å². The second-order valence-corrected chi connectivity index (χ2v) is 13.2. The Morgan fingerprint density at radius 1 is 1.10 bits per heavy atom. The van der Waals surface area contributed by atoms with Crippen LogP contribution in [0.25, 0.3) is 0 Å². The van der Waals surface area contributed by atoms with Gasteiger partial charge in [-0.3, -0.25) is 14.6 Å². The van der Waals surface area contributed by atoms with Gasteiger partial charge in [-0.2, -0.15) is 0 Å². The number of amides is 2. The Balaban J connectivity index is 1.64. The summed E-state index contributed by atoms with van der Waals surface area (Å²) in [6, 6.07) is -0.844. The number of rotatable bonds is 12. The van der Waals surface area contributed by atoms with Gasteiger partial charge in [-0.15, -0.1) is 23.1 Å². The Morgan fingerprint density at radius 3 is 2.50 bits per heavy atom. The molecule has 10 heteroatoms. The van der Waals surface area contributed by atoms with Crippen molar-refractivity contribution in [1.29, 1.82) is 0 Å².